The topological polar surface area (TPSA) is 90.1 Å². The van der Waals surface area contributed by atoms with Crippen molar-refractivity contribution in [3.05, 3.63) is 73.7 Å². The Balaban J connectivity index is 1.86. The van der Waals surface area contributed by atoms with Crippen molar-refractivity contribution in [3.8, 4) is 11.8 Å². The molecule has 7 nitrogen and oxygen atoms in total. The molecule has 1 fully saturated rings. The Morgan fingerprint density at radius 2 is 1.48 bits per heavy atom. The van der Waals surface area contributed by atoms with Gasteiger partial charge in [-0.3, -0.25) is 10.1 Å². The quantitative estimate of drug-likeness (QED) is 0.383. The van der Waals surface area contributed by atoms with Crippen LogP contribution in [0.1, 0.15) is 50.6 Å². The SMILES string of the molecule is CC1(C)N(O)C(c2ccc(C#Cc3cc(Br)cc([N+](=O)[O-])c3)cc2)N(O)C1(C)C. The van der Waals surface area contributed by atoms with Gasteiger partial charge in [0.05, 0.1) is 16.0 Å². The molecule has 29 heavy (non-hydrogen) atoms. The number of hydroxylamine groups is 4. The van der Waals surface area contributed by atoms with Crippen molar-refractivity contribution in [3.63, 3.8) is 0 Å². The number of hydrogen-bond donors (Lipinski definition) is 2. The second-order valence-corrected chi connectivity index (χ2v) is 8.92. The van der Waals surface area contributed by atoms with Crippen molar-refractivity contribution < 1.29 is 15.3 Å². The minimum Gasteiger partial charge on any atom is -0.311 e. The van der Waals surface area contributed by atoms with Crippen molar-refractivity contribution in [2.75, 3.05) is 0 Å². The molecule has 2 N–H and O–H groups in total. The summed E-state index contributed by atoms with van der Waals surface area (Å²) < 4.78 is 0.587. The Bertz CT molecular complexity index is 989. The van der Waals surface area contributed by atoms with E-state index in [0.717, 1.165) is 15.7 Å². The summed E-state index contributed by atoms with van der Waals surface area (Å²) in [6, 6.07) is 11.7. The minimum absolute atomic E-state index is 0.0310. The average molecular weight is 460 g/mol. The highest BCUT2D eigenvalue weighted by Crippen LogP contribution is 2.47. The molecule has 0 aliphatic carbocycles. The molecule has 0 bridgehead atoms. The second-order valence-electron chi connectivity index (χ2n) is 8.01. The lowest BCUT2D eigenvalue weighted by Gasteiger charge is -2.37. The van der Waals surface area contributed by atoms with Crippen molar-refractivity contribution >= 4 is 21.6 Å². The van der Waals surface area contributed by atoms with Gasteiger partial charge < -0.3 is 10.4 Å². The van der Waals surface area contributed by atoms with E-state index < -0.39 is 22.2 Å². The summed E-state index contributed by atoms with van der Waals surface area (Å²) in [6.45, 7) is 7.47. The fraction of sp³-hybridized carbons (Fsp3) is 0.333. The van der Waals surface area contributed by atoms with Gasteiger partial charge in [-0.1, -0.05) is 39.9 Å². The van der Waals surface area contributed by atoms with Crippen LogP contribution in [0.3, 0.4) is 0 Å². The highest BCUT2D eigenvalue weighted by atomic mass is 79.9. The third-order valence-corrected chi connectivity index (χ3v) is 6.22. The molecule has 0 amide bonds. The zero-order valence-corrected chi connectivity index (χ0v) is 18.1. The van der Waals surface area contributed by atoms with E-state index >= 15 is 0 Å². The molecular weight excluding hydrogens is 438 g/mol. The zero-order valence-electron chi connectivity index (χ0n) is 16.5. The molecule has 1 aliphatic rings. The smallest absolute Gasteiger partial charge is 0.271 e. The zero-order chi connectivity index (χ0) is 21.6. The van der Waals surface area contributed by atoms with Crippen LogP contribution in [0.5, 0.6) is 0 Å². The molecule has 152 valence electrons. The summed E-state index contributed by atoms with van der Waals surface area (Å²) in [5, 5.41) is 34.6. The van der Waals surface area contributed by atoms with Crippen LogP contribution in [0.4, 0.5) is 5.69 Å². The van der Waals surface area contributed by atoms with Crippen LogP contribution < -0.4 is 0 Å². The van der Waals surface area contributed by atoms with Crippen molar-refractivity contribution in [1.82, 2.24) is 10.1 Å². The van der Waals surface area contributed by atoms with Crippen molar-refractivity contribution in [1.29, 1.82) is 0 Å². The predicted octanol–water partition coefficient (Wildman–Crippen LogP) is 4.71. The summed E-state index contributed by atoms with van der Waals surface area (Å²) in [7, 11) is 0. The maximum absolute atomic E-state index is 11.0. The Morgan fingerprint density at radius 3 is 2.00 bits per heavy atom. The van der Waals surface area contributed by atoms with E-state index in [1.54, 1.807) is 30.3 Å². The molecule has 0 spiro atoms. The monoisotopic (exact) mass is 459 g/mol. The summed E-state index contributed by atoms with van der Waals surface area (Å²) in [6.07, 6.45) is -0.699. The van der Waals surface area contributed by atoms with Gasteiger partial charge in [0.1, 0.15) is 6.17 Å². The maximum atomic E-state index is 11.0. The number of non-ortho nitro benzene ring substituents is 1. The van der Waals surface area contributed by atoms with Gasteiger partial charge in [-0.25, -0.2) is 0 Å². The molecule has 1 aliphatic heterocycles. The van der Waals surface area contributed by atoms with Crippen LogP contribution in [0.25, 0.3) is 0 Å². The second kappa shape index (κ2) is 7.52. The number of nitro groups is 1. The Hall–Kier alpha value is -2.28. The van der Waals surface area contributed by atoms with E-state index in [9.17, 15) is 20.5 Å². The largest absolute Gasteiger partial charge is 0.311 e. The lowest BCUT2D eigenvalue weighted by atomic mass is 9.84. The first-order valence-corrected chi connectivity index (χ1v) is 9.78. The first-order valence-electron chi connectivity index (χ1n) is 8.98. The number of benzene rings is 2. The fourth-order valence-electron chi connectivity index (χ4n) is 3.19. The minimum atomic E-state index is -0.699. The highest BCUT2D eigenvalue weighted by molar-refractivity contribution is 9.10. The number of nitrogens with zero attached hydrogens (tertiary/aromatic N) is 3. The number of rotatable bonds is 2. The first kappa shape index (κ1) is 21.4. The number of halogens is 1. The normalized spacial score (nSPS) is 19.0. The number of hydrogen-bond acceptors (Lipinski definition) is 6. The summed E-state index contributed by atoms with van der Waals surface area (Å²) >= 11 is 3.26. The van der Waals surface area contributed by atoms with Crippen LogP contribution in [-0.4, -0.2) is 36.5 Å². The molecule has 2 aromatic rings. The lowest BCUT2D eigenvalue weighted by molar-refractivity contribution is -0.384. The fourth-order valence-corrected chi connectivity index (χ4v) is 3.67. The molecule has 2 aromatic carbocycles. The van der Waals surface area contributed by atoms with Crippen LogP contribution >= 0.6 is 15.9 Å². The van der Waals surface area contributed by atoms with Crippen LogP contribution in [0.15, 0.2) is 46.9 Å². The van der Waals surface area contributed by atoms with Gasteiger partial charge in [0, 0.05) is 27.7 Å². The Labute approximate surface area is 177 Å². The highest BCUT2D eigenvalue weighted by Gasteiger charge is 2.58. The standard InChI is InChI=1S/C21H22BrN3O4/c1-20(2)21(3,4)24(27)19(23(20)26)16-9-7-14(8-10-16)5-6-15-11-17(22)13-18(12-15)25(28)29/h7-13,19,26-27H,1-4H3. The molecule has 0 saturated carbocycles. The van der Waals surface area contributed by atoms with Gasteiger partial charge in [-0.2, -0.15) is 10.1 Å². The van der Waals surface area contributed by atoms with E-state index in [1.807, 2.05) is 27.7 Å². The first-order chi connectivity index (χ1) is 13.4. The van der Waals surface area contributed by atoms with Crippen molar-refractivity contribution in [2.24, 2.45) is 0 Å². The molecule has 0 unspecified atom stereocenters. The summed E-state index contributed by atoms with van der Waals surface area (Å²) in [5.41, 5.74) is 0.592. The summed E-state index contributed by atoms with van der Waals surface area (Å²) in [5.74, 6) is 5.91. The number of nitro benzene ring substituents is 1. The summed E-state index contributed by atoms with van der Waals surface area (Å²) in [4.78, 5) is 10.5. The van der Waals surface area contributed by atoms with E-state index in [0.29, 0.717) is 15.6 Å². The molecule has 0 aromatic heterocycles. The van der Waals surface area contributed by atoms with Gasteiger partial charge in [0.15, 0.2) is 0 Å². The van der Waals surface area contributed by atoms with E-state index in [2.05, 4.69) is 27.8 Å². The van der Waals surface area contributed by atoms with Gasteiger partial charge in [0.2, 0.25) is 0 Å². The molecular formula is C21H22BrN3O4. The molecule has 0 radical (unpaired) electrons. The van der Waals surface area contributed by atoms with Crippen LogP contribution in [0.2, 0.25) is 0 Å². The Kier molecular flexibility index (Phi) is 5.56. The van der Waals surface area contributed by atoms with Crippen molar-refractivity contribution in [2.45, 2.75) is 44.9 Å². The van der Waals surface area contributed by atoms with Gasteiger partial charge in [-0.15, -0.1) is 0 Å². The molecule has 3 rings (SSSR count). The molecule has 8 heteroatoms. The van der Waals surface area contributed by atoms with Crippen LogP contribution in [-0.2, 0) is 0 Å². The molecule has 1 heterocycles. The Morgan fingerprint density at radius 1 is 0.966 bits per heavy atom. The van der Waals surface area contributed by atoms with E-state index in [4.69, 9.17) is 0 Å². The third kappa shape index (κ3) is 3.80. The molecule has 0 atom stereocenters. The maximum Gasteiger partial charge on any atom is 0.271 e. The third-order valence-electron chi connectivity index (χ3n) is 5.76. The average Bonchev–Trinajstić information content (AvgIpc) is 2.77. The van der Waals surface area contributed by atoms with Gasteiger partial charge >= 0.3 is 0 Å². The van der Waals surface area contributed by atoms with E-state index in [-0.39, 0.29) is 5.69 Å². The molecule has 1 saturated heterocycles. The predicted molar refractivity (Wildman–Crippen MR) is 111 cm³/mol. The van der Waals surface area contributed by atoms with Gasteiger partial charge in [-0.05, 0) is 51.5 Å². The van der Waals surface area contributed by atoms with Gasteiger partial charge in [0.25, 0.3) is 5.69 Å². The lowest BCUT2D eigenvalue weighted by Crippen LogP contribution is -2.52. The van der Waals surface area contributed by atoms with Crippen LogP contribution in [0, 0.1) is 22.0 Å². The van der Waals surface area contributed by atoms with E-state index in [1.165, 1.54) is 12.1 Å².